The molecule has 0 amide bonds. The first-order chi connectivity index (χ1) is 11.7. The van der Waals surface area contributed by atoms with Gasteiger partial charge < -0.3 is 9.64 Å². The van der Waals surface area contributed by atoms with E-state index in [9.17, 15) is 4.39 Å². The largest absolute Gasteiger partial charge is 0.381 e. The van der Waals surface area contributed by atoms with Crippen LogP contribution in [0.1, 0.15) is 31.2 Å². The van der Waals surface area contributed by atoms with Gasteiger partial charge in [0.05, 0.1) is 0 Å². The molecule has 2 aliphatic heterocycles. The maximum atomic E-state index is 13.1. The predicted octanol–water partition coefficient (Wildman–Crippen LogP) is 3.80. The van der Waals surface area contributed by atoms with Gasteiger partial charge in [-0.25, -0.2) is 4.39 Å². The summed E-state index contributed by atoms with van der Waals surface area (Å²) in [6, 6.07) is 4.70. The van der Waals surface area contributed by atoms with Crippen molar-refractivity contribution in [2.75, 3.05) is 45.9 Å². The topological polar surface area (TPSA) is 15.7 Å². The first-order valence-corrected chi connectivity index (χ1v) is 9.55. The Morgan fingerprint density at radius 2 is 1.79 bits per heavy atom. The molecule has 24 heavy (non-hydrogen) atoms. The van der Waals surface area contributed by atoms with Crippen molar-refractivity contribution in [3.05, 3.63) is 34.6 Å². The standard InChI is InChI=1S/C19H28ClFN2O/c20-19-14-18(21)4-3-17(19)15-23-10-8-22(9-11-23)7-1-2-16-5-12-24-13-6-16/h3-4,14,16H,1-2,5-13,15H2. The van der Waals surface area contributed by atoms with Crippen LogP contribution in [0.5, 0.6) is 0 Å². The third-order valence-corrected chi connectivity index (χ3v) is 5.65. The Morgan fingerprint density at radius 3 is 2.50 bits per heavy atom. The Labute approximate surface area is 149 Å². The van der Waals surface area contributed by atoms with Crippen molar-refractivity contribution in [1.29, 1.82) is 0 Å². The van der Waals surface area contributed by atoms with Gasteiger partial charge in [-0.1, -0.05) is 17.7 Å². The van der Waals surface area contributed by atoms with Crippen LogP contribution in [0.25, 0.3) is 0 Å². The summed E-state index contributed by atoms with van der Waals surface area (Å²) in [6.45, 7) is 8.29. The summed E-state index contributed by atoms with van der Waals surface area (Å²) in [4.78, 5) is 4.98. The molecular weight excluding hydrogens is 327 g/mol. The molecule has 0 unspecified atom stereocenters. The summed E-state index contributed by atoms with van der Waals surface area (Å²) in [5.41, 5.74) is 1.02. The third-order valence-electron chi connectivity index (χ3n) is 5.30. The van der Waals surface area contributed by atoms with Crippen molar-refractivity contribution in [2.45, 2.75) is 32.2 Å². The van der Waals surface area contributed by atoms with E-state index in [1.54, 1.807) is 6.07 Å². The van der Waals surface area contributed by atoms with E-state index in [1.807, 2.05) is 0 Å². The number of halogens is 2. The molecule has 2 saturated heterocycles. The zero-order chi connectivity index (χ0) is 16.8. The van der Waals surface area contributed by atoms with Gasteiger partial charge in [0.1, 0.15) is 5.82 Å². The van der Waals surface area contributed by atoms with Crippen molar-refractivity contribution in [3.63, 3.8) is 0 Å². The van der Waals surface area contributed by atoms with E-state index in [2.05, 4.69) is 9.80 Å². The highest BCUT2D eigenvalue weighted by Crippen LogP contribution is 2.21. The molecule has 1 aromatic rings. The molecule has 0 atom stereocenters. The lowest BCUT2D eigenvalue weighted by Crippen LogP contribution is -2.46. The SMILES string of the molecule is Fc1ccc(CN2CCN(CCCC3CCOCC3)CC2)c(Cl)c1. The van der Waals surface area contributed by atoms with Gasteiger partial charge in [-0.15, -0.1) is 0 Å². The highest BCUT2D eigenvalue weighted by Gasteiger charge is 2.19. The number of benzene rings is 1. The molecule has 3 rings (SSSR count). The van der Waals surface area contributed by atoms with Gasteiger partial charge in [0.2, 0.25) is 0 Å². The zero-order valence-electron chi connectivity index (χ0n) is 14.4. The number of ether oxygens (including phenoxy) is 1. The average molecular weight is 355 g/mol. The molecule has 1 aromatic carbocycles. The van der Waals surface area contributed by atoms with Crippen LogP contribution in [0.15, 0.2) is 18.2 Å². The van der Waals surface area contributed by atoms with Crippen LogP contribution >= 0.6 is 11.6 Å². The molecule has 134 valence electrons. The highest BCUT2D eigenvalue weighted by atomic mass is 35.5. The molecule has 0 aromatic heterocycles. The second kappa shape index (κ2) is 9.14. The van der Waals surface area contributed by atoms with Gasteiger partial charge in [-0.05, 0) is 55.8 Å². The van der Waals surface area contributed by atoms with E-state index >= 15 is 0 Å². The van der Waals surface area contributed by atoms with Crippen LogP contribution in [-0.4, -0.2) is 55.7 Å². The molecule has 2 aliphatic rings. The van der Waals surface area contributed by atoms with Crippen molar-refractivity contribution >= 4 is 11.6 Å². The number of hydrogen-bond donors (Lipinski definition) is 0. The maximum Gasteiger partial charge on any atom is 0.124 e. The van der Waals surface area contributed by atoms with E-state index < -0.39 is 0 Å². The first-order valence-electron chi connectivity index (χ1n) is 9.17. The fourth-order valence-electron chi connectivity index (χ4n) is 3.70. The predicted molar refractivity (Wildman–Crippen MR) is 95.9 cm³/mol. The summed E-state index contributed by atoms with van der Waals surface area (Å²) in [7, 11) is 0. The summed E-state index contributed by atoms with van der Waals surface area (Å²) in [6.07, 6.45) is 5.13. The van der Waals surface area contributed by atoms with Crippen molar-refractivity contribution in [1.82, 2.24) is 9.80 Å². The van der Waals surface area contributed by atoms with E-state index in [0.717, 1.165) is 57.4 Å². The number of hydrogen-bond acceptors (Lipinski definition) is 3. The molecule has 2 heterocycles. The molecule has 0 spiro atoms. The quantitative estimate of drug-likeness (QED) is 0.772. The van der Waals surface area contributed by atoms with Gasteiger partial charge in [0, 0.05) is 51.0 Å². The lowest BCUT2D eigenvalue weighted by atomic mass is 9.95. The normalized spacial score (nSPS) is 21.2. The zero-order valence-corrected chi connectivity index (χ0v) is 15.1. The average Bonchev–Trinajstić information content (AvgIpc) is 2.60. The fourth-order valence-corrected chi connectivity index (χ4v) is 3.93. The summed E-state index contributed by atoms with van der Waals surface area (Å²) in [5, 5.41) is 0.536. The molecular formula is C19H28ClFN2O. The molecule has 3 nitrogen and oxygen atoms in total. The van der Waals surface area contributed by atoms with Crippen LogP contribution < -0.4 is 0 Å². The number of piperazine rings is 1. The molecule has 0 N–H and O–H groups in total. The van der Waals surface area contributed by atoms with Crippen LogP contribution in [0.2, 0.25) is 5.02 Å². The van der Waals surface area contributed by atoms with Gasteiger partial charge in [-0.2, -0.15) is 0 Å². The fraction of sp³-hybridized carbons (Fsp3) is 0.684. The number of rotatable bonds is 6. The van der Waals surface area contributed by atoms with E-state index in [-0.39, 0.29) is 5.82 Å². The molecule has 0 bridgehead atoms. The second-order valence-electron chi connectivity index (χ2n) is 7.05. The third kappa shape index (κ3) is 5.41. The Hall–Kier alpha value is -0.680. The minimum absolute atomic E-state index is 0.266. The smallest absolute Gasteiger partial charge is 0.124 e. The minimum Gasteiger partial charge on any atom is -0.381 e. The van der Waals surface area contributed by atoms with Gasteiger partial charge >= 0.3 is 0 Å². The molecule has 2 fully saturated rings. The lowest BCUT2D eigenvalue weighted by Gasteiger charge is -2.35. The Kier molecular flexibility index (Phi) is 6.90. The molecule has 0 aliphatic carbocycles. The van der Waals surface area contributed by atoms with Crippen molar-refractivity contribution in [2.24, 2.45) is 5.92 Å². The summed E-state index contributed by atoms with van der Waals surface area (Å²) >= 11 is 6.13. The maximum absolute atomic E-state index is 13.1. The van der Waals surface area contributed by atoms with E-state index in [4.69, 9.17) is 16.3 Å². The highest BCUT2D eigenvalue weighted by molar-refractivity contribution is 6.31. The second-order valence-corrected chi connectivity index (χ2v) is 7.46. The van der Waals surface area contributed by atoms with Crippen LogP contribution in [0.4, 0.5) is 4.39 Å². The van der Waals surface area contributed by atoms with Crippen LogP contribution in [-0.2, 0) is 11.3 Å². The first kappa shape index (κ1) is 18.1. The Bertz CT molecular complexity index is 514. The van der Waals surface area contributed by atoms with Crippen molar-refractivity contribution in [3.8, 4) is 0 Å². The summed E-state index contributed by atoms with van der Waals surface area (Å²) < 4.78 is 18.5. The van der Waals surface area contributed by atoms with Gasteiger partial charge in [0.25, 0.3) is 0 Å². The molecule has 0 saturated carbocycles. The molecule has 0 radical (unpaired) electrons. The Balaban J connectivity index is 1.34. The van der Waals surface area contributed by atoms with Gasteiger partial charge in [-0.3, -0.25) is 4.90 Å². The van der Waals surface area contributed by atoms with Crippen molar-refractivity contribution < 1.29 is 9.13 Å². The van der Waals surface area contributed by atoms with Crippen LogP contribution in [0.3, 0.4) is 0 Å². The lowest BCUT2D eigenvalue weighted by molar-refractivity contribution is 0.0609. The number of nitrogens with zero attached hydrogens (tertiary/aromatic N) is 2. The van der Waals surface area contributed by atoms with E-state index in [1.165, 1.54) is 44.4 Å². The summed E-state index contributed by atoms with van der Waals surface area (Å²) in [5.74, 6) is 0.610. The monoisotopic (exact) mass is 354 g/mol. The van der Waals surface area contributed by atoms with Crippen LogP contribution in [0, 0.1) is 11.7 Å². The van der Waals surface area contributed by atoms with Gasteiger partial charge in [0.15, 0.2) is 0 Å². The Morgan fingerprint density at radius 1 is 1.08 bits per heavy atom. The minimum atomic E-state index is -0.266. The van der Waals surface area contributed by atoms with E-state index in [0.29, 0.717) is 5.02 Å². The molecule has 5 heteroatoms.